The quantitative estimate of drug-likeness (QED) is 0.438. The molecule has 3 heterocycles. The van der Waals surface area contributed by atoms with E-state index in [2.05, 4.69) is 6.07 Å². The molecule has 0 unspecified atom stereocenters. The first-order chi connectivity index (χ1) is 16.2. The smallest absolute Gasteiger partial charge is 0.263 e. The maximum absolute atomic E-state index is 13.9. The number of aryl methyl sites for hydroxylation is 3. The van der Waals surface area contributed by atoms with E-state index < -0.39 is 0 Å². The van der Waals surface area contributed by atoms with Crippen molar-refractivity contribution in [2.45, 2.75) is 45.1 Å². The highest BCUT2D eigenvalue weighted by atomic mass is 32.1. The summed E-state index contributed by atoms with van der Waals surface area (Å²) in [5, 5.41) is 0.723. The van der Waals surface area contributed by atoms with Gasteiger partial charge in [-0.25, -0.2) is 4.98 Å². The average Bonchev–Trinajstić information content (AvgIpc) is 3.24. The lowest BCUT2D eigenvalue weighted by molar-refractivity contribution is -0.119. The molecule has 0 saturated carbocycles. The number of nitrogens with zero attached hydrogens (tertiary/aromatic N) is 3. The molecular formula is C27H25N3O2S. The van der Waals surface area contributed by atoms with Crippen molar-refractivity contribution in [1.82, 2.24) is 9.55 Å². The molecule has 5 nitrogen and oxygen atoms in total. The zero-order chi connectivity index (χ0) is 22.4. The minimum atomic E-state index is -0.0862. The van der Waals surface area contributed by atoms with Crippen LogP contribution in [0.5, 0.6) is 0 Å². The minimum absolute atomic E-state index is 0.00897. The number of fused-ring (bicyclic) bond motifs is 4. The van der Waals surface area contributed by atoms with Crippen molar-refractivity contribution in [3.05, 3.63) is 81.0 Å². The second-order valence-corrected chi connectivity index (χ2v) is 9.95. The summed E-state index contributed by atoms with van der Waals surface area (Å²) in [5.41, 5.74) is 4.08. The van der Waals surface area contributed by atoms with Crippen molar-refractivity contribution in [1.29, 1.82) is 0 Å². The van der Waals surface area contributed by atoms with Gasteiger partial charge in [-0.2, -0.15) is 0 Å². The Bertz CT molecular complexity index is 1420. The van der Waals surface area contributed by atoms with E-state index in [4.69, 9.17) is 4.98 Å². The SMILES string of the molecule is O=C(Cn1c(-c2ccccc2)nc2sc3c(c2c1=O)CCCC3)N1CCCc2ccccc21. The number of thiophene rings is 1. The van der Waals surface area contributed by atoms with E-state index >= 15 is 0 Å². The third kappa shape index (κ3) is 3.49. The predicted octanol–water partition coefficient (Wildman–Crippen LogP) is 4.98. The molecule has 0 bridgehead atoms. The predicted molar refractivity (Wildman–Crippen MR) is 133 cm³/mol. The topological polar surface area (TPSA) is 55.2 Å². The van der Waals surface area contributed by atoms with Gasteiger partial charge in [-0.1, -0.05) is 48.5 Å². The molecule has 2 aromatic carbocycles. The molecule has 166 valence electrons. The lowest BCUT2D eigenvalue weighted by Gasteiger charge is -2.30. The highest BCUT2D eigenvalue weighted by Crippen LogP contribution is 2.35. The Labute approximate surface area is 196 Å². The van der Waals surface area contributed by atoms with Crippen molar-refractivity contribution < 1.29 is 4.79 Å². The maximum Gasteiger partial charge on any atom is 0.263 e. The van der Waals surface area contributed by atoms with Gasteiger partial charge in [0, 0.05) is 22.7 Å². The van der Waals surface area contributed by atoms with Crippen molar-refractivity contribution in [3.63, 3.8) is 0 Å². The lowest BCUT2D eigenvalue weighted by atomic mass is 9.97. The van der Waals surface area contributed by atoms with Crippen LogP contribution in [0.1, 0.15) is 35.3 Å². The summed E-state index contributed by atoms with van der Waals surface area (Å²) in [4.78, 5) is 36.3. The normalized spacial score (nSPS) is 15.3. The molecule has 2 aromatic heterocycles. The molecule has 1 amide bonds. The molecule has 0 radical (unpaired) electrons. The number of carbonyl (C=O) groups is 1. The standard InChI is InChI=1S/C27H25N3O2S/c31-23(29-16-8-12-18-9-4-6-14-21(18)29)17-30-25(19-10-2-1-3-11-19)28-26-24(27(30)32)20-13-5-7-15-22(20)33-26/h1-4,6,9-11,14H,5,7-8,12-13,15-17H2. The van der Waals surface area contributed by atoms with Crippen LogP contribution in [-0.2, 0) is 30.6 Å². The molecule has 0 atom stereocenters. The largest absolute Gasteiger partial charge is 0.311 e. The summed E-state index contributed by atoms with van der Waals surface area (Å²) in [6.45, 7) is 0.666. The van der Waals surface area contributed by atoms with Crippen LogP contribution in [-0.4, -0.2) is 22.0 Å². The average molecular weight is 456 g/mol. The zero-order valence-corrected chi connectivity index (χ0v) is 19.2. The summed E-state index contributed by atoms with van der Waals surface area (Å²) in [5.74, 6) is 0.511. The van der Waals surface area contributed by atoms with E-state index in [-0.39, 0.29) is 18.0 Å². The van der Waals surface area contributed by atoms with Crippen molar-refractivity contribution in [2.75, 3.05) is 11.4 Å². The number of anilines is 1. The number of aromatic nitrogens is 2. The Kier molecular flexibility index (Phi) is 5.10. The van der Waals surface area contributed by atoms with Gasteiger partial charge in [0.05, 0.1) is 5.39 Å². The Morgan fingerprint density at radius 2 is 1.73 bits per heavy atom. The van der Waals surface area contributed by atoms with Crippen molar-refractivity contribution in [3.8, 4) is 11.4 Å². The van der Waals surface area contributed by atoms with E-state index in [9.17, 15) is 9.59 Å². The third-order valence-electron chi connectivity index (χ3n) is 6.81. The summed E-state index contributed by atoms with van der Waals surface area (Å²) in [6.07, 6.45) is 6.10. The molecule has 0 saturated heterocycles. The highest BCUT2D eigenvalue weighted by molar-refractivity contribution is 7.18. The summed E-state index contributed by atoms with van der Waals surface area (Å²) < 4.78 is 1.61. The Morgan fingerprint density at radius 1 is 0.939 bits per heavy atom. The van der Waals surface area contributed by atoms with E-state index in [0.29, 0.717) is 12.4 Å². The zero-order valence-electron chi connectivity index (χ0n) is 18.4. The number of hydrogen-bond acceptors (Lipinski definition) is 4. The molecule has 6 rings (SSSR count). The number of benzene rings is 2. The molecule has 0 spiro atoms. The fraction of sp³-hybridized carbons (Fsp3) is 0.296. The fourth-order valence-corrected chi connectivity index (χ4v) is 6.46. The highest BCUT2D eigenvalue weighted by Gasteiger charge is 2.26. The third-order valence-corrected chi connectivity index (χ3v) is 8.00. The van der Waals surface area contributed by atoms with Gasteiger partial charge < -0.3 is 4.90 Å². The van der Waals surface area contributed by atoms with Crippen LogP contribution in [0, 0.1) is 0 Å². The first kappa shape index (κ1) is 20.4. The molecule has 6 heteroatoms. The summed E-state index contributed by atoms with van der Waals surface area (Å²) >= 11 is 1.65. The van der Waals surface area contributed by atoms with Crippen LogP contribution in [0.4, 0.5) is 5.69 Å². The van der Waals surface area contributed by atoms with Gasteiger partial charge in [0.1, 0.15) is 17.2 Å². The van der Waals surface area contributed by atoms with Gasteiger partial charge in [0.15, 0.2) is 0 Å². The summed E-state index contributed by atoms with van der Waals surface area (Å²) in [7, 11) is 0. The molecule has 0 fully saturated rings. The molecule has 0 N–H and O–H groups in total. The van der Waals surface area contributed by atoms with E-state index in [1.54, 1.807) is 15.9 Å². The first-order valence-electron chi connectivity index (χ1n) is 11.7. The Morgan fingerprint density at radius 3 is 2.61 bits per heavy atom. The number of amides is 1. The van der Waals surface area contributed by atoms with Gasteiger partial charge in [0.25, 0.3) is 5.56 Å². The van der Waals surface area contributed by atoms with Gasteiger partial charge in [-0.05, 0) is 55.7 Å². The van der Waals surface area contributed by atoms with E-state index in [1.807, 2.05) is 53.4 Å². The van der Waals surface area contributed by atoms with Crippen LogP contribution in [0.15, 0.2) is 59.4 Å². The number of carbonyl (C=O) groups excluding carboxylic acids is 1. The second-order valence-electron chi connectivity index (χ2n) is 8.86. The van der Waals surface area contributed by atoms with E-state index in [1.165, 1.54) is 10.4 Å². The number of rotatable bonds is 3. The molecular weight excluding hydrogens is 430 g/mol. The van der Waals surface area contributed by atoms with Crippen molar-refractivity contribution >= 4 is 33.1 Å². The van der Waals surface area contributed by atoms with Crippen LogP contribution in [0.3, 0.4) is 0 Å². The second kappa shape index (κ2) is 8.27. The molecule has 1 aliphatic heterocycles. The Balaban J connectivity index is 1.49. The molecule has 4 aromatic rings. The van der Waals surface area contributed by atoms with Crippen molar-refractivity contribution in [2.24, 2.45) is 0 Å². The van der Waals surface area contributed by atoms with Crippen LogP contribution in [0.2, 0.25) is 0 Å². The van der Waals surface area contributed by atoms with Crippen LogP contribution < -0.4 is 10.5 Å². The van der Waals surface area contributed by atoms with Gasteiger partial charge in [-0.3, -0.25) is 14.2 Å². The number of hydrogen-bond donors (Lipinski definition) is 0. The van der Waals surface area contributed by atoms with Crippen LogP contribution >= 0.6 is 11.3 Å². The van der Waals surface area contributed by atoms with Crippen LogP contribution in [0.25, 0.3) is 21.6 Å². The maximum atomic E-state index is 13.9. The Hall–Kier alpha value is -3.25. The fourth-order valence-electron chi connectivity index (χ4n) is 5.21. The summed E-state index contributed by atoms with van der Waals surface area (Å²) in [6, 6.07) is 17.8. The van der Waals surface area contributed by atoms with Gasteiger partial charge in [-0.15, -0.1) is 11.3 Å². The number of para-hydroxylation sites is 1. The van der Waals surface area contributed by atoms with Gasteiger partial charge in [0.2, 0.25) is 5.91 Å². The lowest BCUT2D eigenvalue weighted by Crippen LogP contribution is -2.40. The molecule has 2 aliphatic rings. The minimum Gasteiger partial charge on any atom is -0.311 e. The monoisotopic (exact) mass is 455 g/mol. The van der Waals surface area contributed by atoms with E-state index in [0.717, 1.165) is 65.6 Å². The molecule has 33 heavy (non-hydrogen) atoms. The van der Waals surface area contributed by atoms with Gasteiger partial charge >= 0.3 is 0 Å². The first-order valence-corrected chi connectivity index (χ1v) is 12.5. The molecule has 1 aliphatic carbocycles.